The molecule has 2 aromatic heterocycles. The molecule has 3 N–H and O–H groups in total. The Balaban J connectivity index is 1.71. The lowest BCUT2D eigenvalue weighted by atomic mass is 9.97. The Labute approximate surface area is 170 Å². The van der Waals surface area contributed by atoms with E-state index in [-0.39, 0.29) is 19.0 Å². The summed E-state index contributed by atoms with van der Waals surface area (Å²) >= 11 is 0. The van der Waals surface area contributed by atoms with Crippen molar-refractivity contribution < 1.29 is 18.5 Å². The number of alkyl halides is 1. The summed E-state index contributed by atoms with van der Waals surface area (Å²) in [6.07, 6.45) is -0.963. The number of fused-ring (bicyclic) bond motifs is 3. The molecule has 3 heterocycles. The molecular weight excluding hydrogens is 387 g/mol. The van der Waals surface area contributed by atoms with Gasteiger partial charge >= 0.3 is 0 Å². The predicted octanol–water partition coefficient (Wildman–Crippen LogP) is 3.49. The van der Waals surface area contributed by atoms with Crippen LogP contribution in [0.1, 0.15) is 32.2 Å². The predicted molar refractivity (Wildman–Crippen MR) is 110 cm³/mol. The van der Waals surface area contributed by atoms with E-state index in [4.69, 9.17) is 10.3 Å². The Morgan fingerprint density at radius 3 is 2.60 bits per heavy atom. The van der Waals surface area contributed by atoms with Crippen LogP contribution in [0.5, 0.6) is 0 Å². The number of nitrogens with one attached hydrogen (secondary N) is 1. The van der Waals surface area contributed by atoms with Crippen LogP contribution in [0.2, 0.25) is 0 Å². The molecule has 0 radical (unpaired) electrons. The highest BCUT2D eigenvalue weighted by molar-refractivity contribution is 6.19. The molecule has 2 aromatic carbocycles. The first-order chi connectivity index (χ1) is 14.3. The van der Waals surface area contributed by atoms with Crippen molar-refractivity contribution >= 4 is 33.6 Å². The van der Waals surface area contributed by atoms with E-state index in [0.717, 1.165) is 16.6 Å². The average Bonchev–Trinajstić information content (AvgIpc) is 3.22. The summed E-state index contributed by atoms with van der Waals surface area (Å²) in [4.78, 5) is 29.7. The SMILES string of the molecule is Cc1noc(C)c1-c1cc(C(N)=O)c2c(c1)[nH]c1ccc(C(=O)N3CC(F)C3)cc12. The minimum atomic E-state index is -0.963. The highest BCUT2D eigenvalue weighted by Crippen LogP contribution is 2.35. The van der Waals surface area contributed by atoms with Crippen LogP contribution in [0.25, 0.3) is 32.9 Å². The summed E-state index contributed by atoms with van der Waals surface area (Å²) in [5, 5.41) is 5.35. The van der Waals surface area contributed by atoms with Crippen molar-refractivity contribution in [3.8, 4) is 11.1 Å². The number of nitrogens with zero attached hydrogens (tertiary/aromatic N) is 2. The van der Waals surface area contributed by atoms with Crippen LogP contribution in [-0.2, 0) is 0 Å². The number of benzene rings is 2. The molecular formula is C22H19FN4O3. The average molecular weight is 406 g/mol. The zero-order chi connectivity index (χ0) is 21.2. The Hall–Kier alpha value is -3.68. The van der Waals surface area contributed by atoms with Crippen molar-refractivity contribution in [3.05, 3.63) is 52.9 Å². The molecule has 4 aromatic rings. The van der Waals surface area contributed by atoms with Crippen molar-refractivity contribution in [2.45, 2.75) is 20.0 Å². The molecule has 0 bridgehead atoms. The number of aromatic amines is 1. The van der Waals surface area contributed by atoms with E-state index in [1.54, 1.807) is 24.3 Å². The number of aromatic nitrogens is 2. The van der Waals surface area contributed by atoms with Gasteiger partial charge in [-0.15, -0.1) is 0 Å². The topological polar surface area (TPSA) is 105 Å². The third-order valence-electron chi connectivity index (χ3n) is 5.66. The van der Waals surface area contributed by atoms with Gasteiger partial charge in [0.15, 0.2) is 0 Å². The molecule has 2 amide bonds. The molecule has 1 saturated heterocycles. The Morgan fingerprint density at radius 1 is 1.20 bits per heavy atom. The van der Waals surface area contributed by atoms with E-state index in [2.05, 4.69) is 10.1 Å². The Kier molecular flexibility index (Phi) is 3.92. The number of nitrogens with two attached hydrogens (primary N) is 1. The van der Waals surface area contributed by atoms with Crippen molar-refractivity contribution in [1.29, 1.82) is 0 Å². The molecule has 7 nitrogen and oxygen atoms in total. The van der Waals surface area contributed by atoms with E-state index in [9.17, 15) is 14.0 Å². The van der Waals surface area contributed by atoms with Gasteiger partial charge < -0.3 is 20.1 Å². The lowest BCUT2D eigenvalue weighted by Crippen LogP contribution is -2.51. The van der Waals surface area contributed by atoms with Crippen LogP contribution in [-0.4, -0.2) is 46.1 Å². The Bertz CT molecular complexity index is 1330. The number of H-pyrrole nitrogens is 1. The third kappa shape index (κ3) is 2.67. The molecule has 0 unspecified atom stereocenters. The monoisotopic (exact) mass is 406 g/mol. The Morgan fingerprint density at radius 2 is 1.97 bits per heavy atom. The molecule has 0 atom stereocenters. The zero-order valence-corrected chi connectivity index (χ0v) is 16.5. The van der Waals surface area contributed by atoms with Gasteiger partial charge in [0.05, 0.1) is 18.8 Å². The minimum Gasteiger partial charge on any atom is -0.366 e. The number of hydrogen-bond donors (Lipinski definition) is 2. The molecule has 5 rings (SSSR count). The minimum absolute atomic E-state index is 0.109. The highest BCUT2D eigenvalue weighted by Gasteiger charge is 2.31. The first kappa shape index (κ1) is 18.4. The van der Waals surface area contributed by atoms with Crippen LogP contribution in [0.3, 0.4) is 0 Å². The van der Waals surface area contributed by atoms with Gasteiger partial charge in [0, 0.05) is 38.5 Å². The summed E-state index contributed by atoms with van der Waals surface area (Å²) in [5.74, 6) is -0.158. The number of amides is 2. The first-order valence-electron chi connectivity index (χ1n) is 9.59. The standard InChI is InChI=1S/C22H19FN4O3/c1-10-19(11(2)30-26-10)13-6-16(21(24)28)20-15-5-12(22(29)27-8-14(23)9-27)3-4-17(15)25-18(20)7-13/h3-7,14,25H,8-9H2,1-2H3,(H2,24,28). The fourth-order valence-electron chi connectivity index (χ4n) is 4.18. The van der Waals surface area contributed by atoms with Crippen molar-refractivity contribution in [2.75, 3.05) is 13.1 Å². The quantitative estimate of drug-likeness (QED) is 0.543. The van der Waals surface area contributed by atoms with Gasteiger partial charge in [0.25, 0.3) is 5.91 Å². The number of hydrogen-bond acceptors (Lipinski definition) is 4. The summed E-state index contributed by atoms with van der Waals surface area (Å²) < 4.78 is 18.4. The maximum absolute atomic E-state index is 13.1. The van der Waals surface area contributed by atoms with Crippen LogP contribution >= 0.6 is 0 Å². The van der Waals surface area contributed by atoms with E-state index >= 15 is 0 Å². The van der Waals surface area contributed by atoms with Gasteiger partial charge in [0.2, 0.25) is 5.91 Å². The van der Waals surface area contributed by atoms with Gasteiger partial charge in [-0.2, -0.15) is 0 Å². The van der Waals surface area contributed by atoms with Crippen molar-refractivity contribution in [2.24, 2.45) is 5.73 Å². The lowest BCUT2D eigenvalue weighted by Gasteiger charge is -2.34. The van der Waals surface area contributed by atoms with E-state index in [1.807, 2.05) is 19.9 Å². The fourth-order valence-corrected chi connectivity index (χ4v) is 4.18. The maximum atomic E-state index is 13.1. The number of halogens is 1. The summed E-state index contributed by atoms with van der Waals surface area (Å²) in [6, 6.07) is 8.85. The molecule has 0 spiro atoms. The van der Waals surface area contributed by atoms with E-state index < -0.39 is 12.1 Å². The van der Waals surface area contributed by atoms with Gasteiger partial charge in [0.1, 0.15) is 11.9 Å². The molecule has 8 heteroatoms. The van der Waals surface area contributed by atoms with Crippen LogP contribution in [0, 0.1) is 13.8 Å². The first-order valence-corrected chi connectivity index (χ1v) is 9.59. The zero-order valence-electron chi connectivity index (χ0n) is 16.5. The van der Waals surface area contributed by atoms with Gasteiger partial charge in [-0.1, -0.05) is 5.16 Å². The van der Waals surface area contributed by atoms with Crippen molar-refractivity contribution in [3.63, 3.8) is 0 Å². The molecule has 1 fully saturated rings. The smallest absolute Gasteiger partial charge is 0.254 e. The number of likely N-dealkylation sites (tertiary alicyclic amines) is 1. The number of primary amides is 1. The van der Waals surface area contributed by atoms with Crippen molar-refractivity contribution in [1.82, 2.24) is 15.0 Å². The van der Waals surface area contributed by atoms with Crippen LogP contribution in [0.4, 0.5) is 4.39 Å². The lowest BCUT2D eigenvalue weighted by molar-refractivity contribution is 0.0400. The number of aryl methyl sites for hydroxylation is 2. The largest absolute Gasteiger partial charge is 0.366 e. The van der Waals surface area contributed by atoms with E-state index in [1.165, 1.54) is 4.90 Å². The molecule has 1 aliphatic rings. The molecule has 0 saturated carbocycles. The molecule has 152 valence electrons. The second-order valence-electron chi connectivity index (χ2n) is 7.70. The summed E-state index contributed by atoms with van der Waals surface area (Å²) in [6.45, 7) is 3.86. The second kappa shape index (κ2) is 6.41. The van der Waals surface area contributed by atoms with Gasteiger partial charge in [-0.3, -0.25) is 9.59 Å². The normalized spacial score (nSPS) is 14.4. The molecule has 0 aliphatic carbocycles. The number of rotatable bonds is 3. The fraction of sp³-hybridized carbons (Fsp3) is 0.227. The molecule has 30 heavy (non-hydrogen) atoms. The maximum Gasteiger partial charge on any atom is 0.254 e. The van der Waals surface area contributed by atoms with Crippen LogP contribution < -0.4 is 5.73 Å². The number of carbonyl (C=O) groups excluding carboxylic acids is 2. The van der Waals surface area contributed by atoms with Gasteiger partial charge in [-0.25, -0.2) is 4.39 Å². The van der Waals surface area contributed by atoms with Gasteiger partial charge in [-0.05, 0) is 49.7 Å². The number of carbonyl (C=O) groups is 2. The highest BCUT2D eigenvalue weighted by atomic mass is 19.1. The van der Waals surface area contributed by atoms with E-state index in [0.29, 0.717) is 38.9 Å². The third-order valence-corrected chi connectivity index (χ3v) is 5.66. The summed E-state index contributed by atoms with van der Waals surface area (Å²) in [5.41, 5.74) is 10.3. The van der Waals surface area contributed by atoms with Crippen LogP contribution in [0.15, 0.2) is 34.9 Å². The summed E-state index contributed by atoms with van der Waals surface area (Å²) in [7, 11) is 0. The second-order valence-corrected chi connectivity index (χ2v) is 7.70. The molecule has 1 aliphatic heterocycles.